The Balaban J connectivity index is 1.82. The molecular formula is C20H20Cl2N4O3S2. The van der Waals surface area contributed by atoms with Gasteiger partial charge in [-0.3, -0.25) is 10.1 Å². The summed E-state index contributed by atoms with van der Waals surface area (Å²) in [6.45, 7) is 3.64. The quantitative estimate of drug-likeness (QED) is 0.462. The Kier molecular flexibility index (Phi) is 7.66. The van der Waals surface area contributed by atoms with Crippen LogP contribution in [0.4, 0.5) is 5.13 Å². The summed E-state index contributed by atoms with van der Waals surface area (Å²) in [7, 11) is -4.10. The third-order valence-corrected chi connectivity index (χ3v) is 7.68. The van der Waals surface area contributed by atoms with Crippen LogP contribution in [-0.2, 0) is 14.8 Å². The number of hydrogen-bond donors (Lipinski definition) is 2. The van der Waals surface area contributed by atoms with Crippen molar-refractivity contribution in [3.63, 3.8) is 0 Å². The number of aromatic nitrogens is 2. The molecule has 2 atom stereocenters. The van der Waals surface area contributed by atoms with Crippen molar-refractivity contribution in [2.45, 2.75) is 31.2 Å². The number of halogens is 2. The first kappa shape index (κ1) is 23.6. The maximum absolute atomic E-state index is 13.0. The number of rotatable bonds is 8. The molecule has 2 unspecified atom stereocenters. The predicted molar refractivity (Wildman–Crippen MR) is 124 cm³/mol. The Morgan fingerprint density at radius 3 is 2.52 bits per heavy atom. The van der Waals surface area contributed by atoms with Crippen LogP contribution in [0, 0.1) is 5.92 Å². The zero-order valence-corrected chi connectivity index (χ0v) is 19.8. The molecule has 2 aromatic carbocycles. The molecule has 0 aliphatic heterocycles. The van der Waals surface area contributed by atoms with Gasteiger partial charge in [0.05, 0.1) is 5.02 Å². The molecule has 3 rings (SSSR count). The lowest BCUT2D eigenvalue weighted by Gasteiger charge is -2.23. The van der Waals surface area contributed by atoms with Crippen molar-refractivity contribution >= 4 is 55.6 Å². The van der Waals surface area contributed by atoms with Gasteiger partial charge < -0.3 is 0 Å². The standard InChI is InChI=1S/C20H20Cl2N4O3S2/c1-3-12(2)17(26-31(28,29)16-11-14(21)9-10-15(16)22)18(27)23-20-25-24-19(30-20)13-7-5-4-6-8-13/h4-12,17,26H,3H2,1-2H3,(H,23,25,27). The Hall–Kier alpha value is -2.04. The molecular weight excluding hydrogens is 479 g/mol. The van der Waals surface area contributed by atoms with Gasteiger partial charge in [0.1, 0.15) is 15.9 Å². The van der Waals surface area contributed by atoms with E-state index in [1.54, 1.807) is 6.92 Å². The molecule has 11 heteroatoms. The third kappa shape index (κ3) is 5.81. The molecule has 0 spiro atoms. The van der Waals surface area contributed by atoms with Crippen LogP contribution < -0.4 is 10.0 Å². The Bertz CT molecular complexity index is 1170. The van der Waals surface area contributed by atoms with Crippen molar-refractivity contribution in [3.8, 4) is 10.6 Å². The molecule has 0 bridgehead atoms. The lowest BCUT2D eigenvalue weighted by atomic mass is 9.99. The fraction of sp³-hybridized carbons (Fsp3) is 0.250. The largest absolute Gasteiger partial charge is 0.299 e. The molecule has 0 aliphatic carbocycles. The molecule has 1 aromatic heterocycles. The normalized spacial score (nSPS) is 13.5. The zero-order valence-electron chi connectivity index (χ0n) is 16.7. The van der Waals surface area contributed by atoms with E-state index in [0.29, 0.717) is 11.4 Å². The van der Waals surface area contributed by atoms with Crippen LogP contribution in [0.1, 0.15) is 20.3 Å². The number of nitrogens with one attached hydrogen (secondary N) is 2. The highest BCUT2D eigenvalue weighted by molar-refractivity contribution is 7.89. The van der Waals surface area contributed by atoms with E-state index < -0.39 is 22.0 Å². The Morgan fingerprint density at radius 1 is 1.13 bits per heavy atom. The first-order valence-electron chi connectivity index (χ1n) is 9.38. The van der Waals surface area contributed by atoms with Crippen molar-refractivity contribution in [2.24, 2.45) is 5.92 Å². The number of benzene rings is 2. The number of carbonyl (C=O) groups excluding carboxylic acids is 1. The predicted octanol–water partition coefficient (Wildman–Crippen LogP) is 4.84. The minimum atomic E-state index is -4.10. The van der Waals surface area contributed by atoms with Gasteiger partial charge in [-0.05, 0) is 24.1 Å². The van der Waals surface area contributed by atoms with Crippen molar-refractivity contribution in [1.82, 2.24) is 14.9 Å². The van der Waals surface area contributed by atoms with Gasteiger partial charge in [0.25, 0.3) is 0 Å². The summed E-state index contributed by atoms with van der Waals surface area (Å²) in [6, 6.07) is 12.5. The van der Waals surface area contributed by atoms with E-state index in [1.165, 1.54) is 29.5 Å². The molecule has 0 saturated carbocycles. The molecule has 2 N–H and O–H groups in total. The summed E-state index contributed by atoms with van der Waals surface area (Å²) >= 11 is 13.2. The summed E-state index contributed by atoms with van der Waals surface area (Å²) in [5, 5.41) is 11.9. The van der Waals surface area contributed by atoms with Crippen LogP contribution in [0.2, 0.25) is 10.0 Å². The molecule has 7 nitrogen and oxygen atoms in total. The number of sulfonamides is 1. The minimum Gasteiger partial charge on any atom is -0.299 e. The summed E-state index contributed by atoms with van der Waals surface area (Å²) < 4.78 is 28.3. The van der Waals surface area contributed by atoms with Gasteiger partial charge in [0.2, 0.25) is 21.1 Å². The molecule has 0 fully saturated rings. The Morgan fingerprint density at radius 2 is 1.84 bits per heavy atom. The number of amides is 1. The average Bonchev–Trinajstić information content (AvgIpc) is 3.22. The molecule has 0 radical (unpaired) electrons. The average molecular weight is 499 g/mol. The van der Waals surface area contributed by atoms with E-state index in [4.69, 9.17) is 23.2 Å². The van der Waals surface area contributed by atoms with E-state index >= 15 is 0 Å². The van der Waals surface area contributed by atoms with Crippen molar-refractivity contribution in [3.05, 3.63) is 58.6 Å². The molecule has 0 aliphatic rings. The van der Waals surface area contributed by atoms with Gasteiger partial charge in [-0.25, -0.2) is 8.42 Å². The second-order valence-electron chi connectivity index (χ2n) is 6.83. The topological polar surface area (TPSA) is 101 Å². The molecule has 1 amide bonds. The number of nitrogens with zero attached hydrogens (tertiary/aromatic N) is 2. The fourth-order valence-electron chi connectivity index (χ4n) is 2.73. The highest BCUT2D eigenvalue weighted by Crippen LogP contribution is 2.28. The lowest BCUT2D eigenvalue weighted by Crippen LogP contribution is -2.47. The first-order chi connectivity index (χ1) is 14.7. The van der Waals surface area contributed by atoms with Crippen LogP contribution in [0.15, 0.2) is 53.4 Å². The molecule has 1 heterocycles. The maximum atomic E-state index is 13.0. The molecule has 164 valence electrons. The third-order valence-electron chi connectivity index (χ3n) is 4.64. The number of carbonyl (C=O) groups is 1. The second kappa shape index (κ2) is 10.1. The molecule has 31 heavy (non-hydrogen) atoms. The van der Waals surface area contributed by atoms with Gasteiger partial charge in [-0.1, -0.05) is 85.1 Å². The Labute approximate surface area is 194 Å². The fourth-order valence-corrected chi connectivity index (χ4v) is 5.55. The van der Waals surface area contributed by atoms with Gasteiger partial charge in [-0.2, -0.15) is 4.72 Å². The smallest absolute Gasteiger partial charge is 0.244 e. The van der Waals surface area contributed by atoms with Crippen LogP contribution in [-0.4, -0.2) is 30.6 Å². The van der Waals surface area contributed by atoms with Crippen molar-refractivity contribution in [2.75, 3.05) is 5.32 Å². The first-order valence-corrected chi connectivity index (χ1v) is 12.4. The van der Waals surface area contributed by atoms with E-state index in [0.717, 1.165) is 5.56 Å². The van der Waals surface area contributed by atoms with Crippen molar-refractivity contribution in [1.29, 1.82) is 0 Å². The van der Waals surface area contributed by atoms with Crippen LogP contribution in [0.25, 0.3) is 10.6 Å². The van der Waals surface area contributed by atoms with Gasteiger partial charge in [-0.15, -0.1) is 10.2 Å². The number of anilines is 1. The summed E-state index contributed by atoms with van der Waals surface area (Å²) in [6.07, 6.45) is 0.565. The summed E-state index contributed by atoms with van der Waals surface area (Å²) in [5.41, 5.74) is 0.871. The summed E-state index contributed by atoms with van der Waals surface area (Å²) in [4.78, 5) is 12.8. The van der Waals surface area contributed by atoms with E-state index in [1.807, 2.05) is 37.3 Å². The van der Waals surface area contributed by atoms with Gasteiger partial charge in [0, 0.05) is 10.6 Å². The summed E-state index contributed by atoms with van der Waals surface area (Å²) in [5.74, 6) is -0.832. The van der Waals surface area contributed by atoms with Crippen LogP contribution in [0.3, 0.4) is 0 Å². The molecule has 0 saturated heterocycles. The highest BCUT2D eigenvalue weighted by Gasteiger charge is 2.31. The van der Waals surface area contributed by atoms with Gasteiger partial charge >= 0.3 is 0 Å². The van der Waals surface area contributed by atoms with Crippen LogP contribution in [0.5, 0.6) is 0 Å². The van der Waals surface area contributed by atoms with E-state index in [-0.39, 0.29) is 26.0 Å². The minimum absolute atomic E-state index is 0.0110. The maximum Gasteiger partial charge on any atom is 0.244 e. The lowest BCUT2D eigenvalue weighted by molar-refractivity contribution is -0.118. The van der Waals surface area contributed by atoms with E-state index in [9.17, 15) is 13.2 Å². The SMILES string of the molecule is CCC(C)C(NS(=O)(=O)c1cc(Cl)ccc1Cl)C(=O)Nc1nnc(-c2ccccc2)s1. The monoisotopic (exact) mass is 498 g/mol. The van der Waals surface area contributed by atoms with Gasteiger partial charge in [0.15, 0.2) is 0 Å². The molecule has 3 aromatic rings. The second-order valence-corrected chi connectivity index (χ2v) is 10.3. The van der Waals surface area contributed by atoms with E-state index in [2.05, 4.69) is 20.2 Å². The highest BCUT2D eigenvalue weighted by atomic mass is 35.5. The zero-order chi connectivity index (χ0) is 22.6. The number of hydrogen-bond acceptors (Lipinski definition) is 6. The van der Waals surface area contributed by atoms with Crippen molar-refractivity contribution < 1.29 is 13.2 Å². The van der Waals surface area contributed by atoms with Crippen LogP contribution >= 0.6 is 34.5 Å².